The number of hydrogen-bond donors (Lipinski definition) is 1. The first-order valence-corrected chi connectivity index (χ1v) is 6.49. The lowest BCUT2D eigenvalue weighted by Gasteiger charge is -2.13. The van der Waals surface area contributed by atoms with Gasteiger partial charge in [-0.3, -0.25) is 4.79 Å². The number of aliphatic carboxylic acids is 1. The maximum atomic E-state index is 11.3. The third kappa shape index (κ3) is 2.87. The normalized spacial score (nSPS) is 12.3. The van der Waals surface area contributed by atoms with Crippen LogP contribution < -0.4 is 0 Å². The summed E-state index contributed by atoms with van der Waals surface area (Å²) in [6.07, 6.45) is 0.475. The summed E-state index contributed by atoms with van der Waals surface area (Å²) in [6, 6.07) is 9.05. The first kappa shape index (κ1) is 12.1. The van der Waals surface area contributed by atoms with Gasteiger partial charge in [0.15, 0.2) is 0 Å². The van der Waals surface area contributed by atoms with E-state index >= 15 is 0 Å². The van der Waals surface area contributed by atoms with Crippen LogP contribution >= 0.6 is 22.9 Å². The molecule has 0 aliphatic carbocycles. The molecule has 88 valence electrons. The van der Waals surface area contributed by atoms with Gasteiger partial charge < -0.3 is 5.11 Å². The lowest BCUT2D eigenvalue weighted by molar-refractivity contribution is -0.138. The Morgan fingerprint density at radius 1 is 1.35 bits per heavy atom. The van der Waals surface area contributed by atoms with E-state index in [0.29, 0.717) is 17.0 Å². The minimum absolute atomic E-state index is 0.475. The second-order valence-corrected chi connectivity index (χ2v) is 4.94. The molecule has 0 saturated heterocycles. The van der Waals surface area contributed by atoms with Crippen LogP contribution in [0.4, 0.5) is 0 Å². The van der Waals surface area contributed by atoms with Crippen molar-refractivity contribution in [1.82, 2.24) is 0 Å². The van der Waals surface area contributed by atoms with Gasteiger partial charge in [-0.25, -0.2) is 0 Å². The van der Waals surface area contributed by atoms with Gasteiger partial charge in [0, 0.05) is 5.02 Å². The Hall–Kier alpha value is -1.32. The molecule has 1 aromatic carbocycles. The van der Waals surface area contributed by atoms with Crippen molar-refractivity contribution in [2.75, 3.05) is 0 Å². The molecule has 0 aliphatic rings. The topological polar surface area (TPSA) is 37.3 Å². The predicted molar refractivity (Wildman–Crippen MR) is 69.9 cm³/mol. The van der Waals surface area contributed by atoms with Crippen LogP contribution in [0.3, 0.4) is 0 Å². The average molecular weight is 267 g/mol. The second-order valence-electron chi connectivity index (χ2n) is 3.75. The first-order valence-electron chi connectivity index (χ1n) is 5.17. The molecule has 1 aromatic heterocycles. The highest BCUT2D eigenvalue weighted by molar-refractivity contribution is 7.07. The number of thiophene rings is 1. The van der Waals surface area contributed by atoms with Crippen LogP contribution in [0, 0.1) is 0 Å². The van der Waals surface area contributed by atoms with Gasteiger partial charge >= 0.3 is 5.97 Å². The van der Waals surface area contributed by atoms with Gasteiger partial charge in [0.2, 0.25) is 0 Å². The zero-order chi connectivity index (χ0) is 12.3. The Morgan fingerprint density at radius 2 is 2.12 bits per heavy atom. The molecular formula is C13H11ClO2S. The van der Waals surface area contributed by atoms with Crippen molar-refractivity contribution in [1.29, 1.82) is 0 Å². The number of benzene rings is 1. The Labute approximate surface area is 108 Å². The van der Waals surface area contributed by atoms with Gasteiger partial charge in [0.25, 0.3) is 0 Å². The van der Waals surface area contributed by atoms with Crippen LogP contribution in [0.15, 0.2) is 41.1 Å². The minimum atomic E-state index is -0.843. The number of carboxylic acids is 1. The Balaban J connectivity index is 2.30. The van der Waals surface area contributed by atoms with Crippen molar-refractivity contribution in [3.8, 4) is 0 Å². The maximum Gasteiger partial charge on any atom is 0.311 e. The molecule has 0 aliphatic heterocycles. The highest BCUT2D eigenvalue weighted by atomic mass is 35.5. The van der Waals surface area contributed by atoms with Crippen molar-refractivity contribution < 1.29 is 9.90 Å². The van der Waals surface area contributed by atoms with Crippen LogP contribution in [0.5, 0.6) is 0 Å². The summed E-state index contributed by atoms with van der Waals surface area (Å²) in [5, 5.41) is 13.7. The van der Waals surface area contributed by atoms with E-state index < -0.39 is 11.9 Å². The zero-order valence-electron chi connectivity index (χ0n) is 8.97. The molecule has 17 heavy (non-hydrogen) atoms. The van der Waals surface area contributed by atoms with Gasteiger partial charge in [0.05, 0.1) is 5.92 Å². The Morgan fingerprint density at radius 3 is 2.71 bits per heavy atom. The molecule has 0 amide bonds. The molecule has 0 spiro atoms. The number of hydrogen-bond acceptors (Lipinski definition) is 2. The molecule has 4 heteroatoms. The fourth-order valence-corrected chi connectivity index (χ4v) is 2.68. The van der Waals surface area contributed by atoms with E-state index in [1.165, 1.54) is 0 Å². The van der Waals surface area contributed by atoms with E-state index in [1.807, 2.05) is 22.9 Å². The van der Waals surface area contributed by atoms with Gasteiger partial charge in [-0.15, -0.1) is 0 Å². The lowest BCUT2D eigenvalue weighted by atomic mass is 9.93. The summed E-state index contributed by atoms with van der Waals surface area (Å²) >= 11 is 7.61. The second kappa shape index (κ2) is 5.34. The molecule has 0 bridgehead atoms. The molecule has 1 heterocycles. The summed E-state index contributed by atoms with van der Waals surface area (Å²) in [4.78, 5) is 11.3. The van der Waals surface area contributed by atoms with Gasteiger partial charge in [0.1, 0.15) is 0 Å². The maximum absolute atomic E-state index is 11.3. The summed E-state index contributed by atoms with van der Waals surface area (Å²) in [6.45, 7) is 0. The largest absolute Gasteiger partial charge is 0.481 e. The number of halogens is 1. The van der Waals surface area contributed by atoms with E-state index in [1.54, 1.807) is 29.5 Å². The molecule has 0 saturated carbocycles. The molecule has 1 unspecified atom stereocenters. The quantitative estimate of drug-likeness (QED) is 0.914. The Kier molecular flexibility index (Phi) is 3.82. The third-order valence-electron chi connectivity index (χ3n) is 2.60. The summed E-state index contributed by atoms with van der Waals surface area (Å²) in [7, 11) is 0. The molecule has 2 rings (SSSR count). The van der Waals surface area contributed by atoms with E-state index in [4.69, 9.17) is 11.6 Å². The molecule has 2 nitrogen and oxygen atoms in total. The van der Waals surface area contributed by atoms with Crippen LogP contribution in [-0.4, -0.2) is 11.1 Å². The third-order valence-corrected chi connectivity index (χ3v) is 3.67. The van der Waals surface area contributed by atoms with Gasteiger partial charge in [-0.05, 0) is 40.4 Å². The van der Waals surface area contributed by atoms with Crippen LogP contribution in [-0.2, 0) is 11.2 Å². The van der Waals surface area contributed by atoms with E-state index in [0.717, 1.165) is 5.56 Å². The molecule has 1 atom stereocenters. The van der Waals surface area contributed by atoms with Crippen molar-refractivity contribution >= 4 is 28.9 Å². The van der Waals surface area contributed by atoms with Crippen molar-refractivity contribution in [2.24, 2.45) is 0 Å². The van der Waals surface area contributed by atoms with Crippen LogP contribution in [0.25, 0.3) is 0 Å². The number of carboxylic acid groups (broad SMARTS) is 1. The molecule has 1 N–H and O–H groups in total. The fraction of sp³-hybridized carbons (Fsp3) is 0.154. The Bertz CT molecular complexity index is 508. The van der Waals surface area contributed by atoms with E-state index in [9.17, 15) is 9.90 Å². The average Bonchev–Trinajstić information content (AvgIpc) is 2.79. The van der Waals surface area contributed by atoms with Crippen LogP contribution in [0.2, 0.25) is 5.02 Å². The lowest BCUT2D eigenvalue weighted by Crippen LogP contribution is -2.14. The van der Waals surface area contributed by atoms with Gasteiger partial charge in [-0.1, -0.05) is 29.8 Å². The SMILES string of the molecule is O=C(O)C(Cc1ccsc1)c1ccccc1Cl. The van der Waals surface area contributed by atoms with Crippen molar-refractivity contribution in [3.63, 3.8) is 0 Å². The van der Waals surface area contributed by atoms with E-state index in [2.05, 4.69) is 0 Å². The summed E-state index contributed by atoms with van der Waals surface area (Å²) in [5.41, 5.74) is 1.70. The monoisotopic (exact) mass is 266 g/mol. The van der Waals surface area contributed by atoms with E-state index in [-0.39, 0.29) is 0 Å². The van der Waals surface area contributed by atoms with Crippen LogP contribution in [0.1, 0.15) is 17.0 Å². The number of rotatable bonds is 4. The molecule has 0 fully saturated rings. The summed E-state index contributed by atoms with van der Waals surface area (Å²) in [5.74, 6) is -1.43. The predicted octanol–water partition coefficient (Wildman–Crippen LogP) is 3.81. The smallest absolute Gasteiger partial charge is 0.311 e. The highest BCUT2D eigenvalue weighted by Gasteiger charge is 2.22. The molecule has 2 aromatic rings. The molecule has 0 radical (unpaired) electrons. The minimum Gasteiger partial charge on any atom is -0.481 e. The van der Waals surface area contributed by atoms with Gasteiger partial charge in [-0.2, -0.15) is 11.3 Å². The number of carbonyl (C=O) groups is 1. The standard InChI is InChI=1S/C13H11ClO2S/c14-12-4-2-1-3-10(12)11(13(15)16)7-9-5-6-17-8-9/h1-6,8,11H,7H2,(H,15,16). The van der Waals surface area contributed by atoms with Crippen molar-refractivity contribution in [2.45, 2.75) is 12.3 Å². The first-order chi connectivity index (χ1) is 8.18. The fourth-order valence-electron chi connectivity index (χ4n) is 1.73. The molecular weight excluding hydrogens is 256 g/mol. The zero-order valence-corrected chi connectivity index (χ0v) is 10.5. The van der Waals surface area contributed by atoms with Crippen molar-refractivity contribution in [3.05, 3.63) is 57.2 Å². The summed E-state index contributed by atoms with van der Waals surface area (Å²) < 4.78 is 0. The highest BCUT2D eigenvalue weighted by Crippen LogP contribution is 2.28.